The van der Waals surface area contributed by atoms with E-state index in [1.165, 1.54) is 0 Å². The van der Waals surface area contributed by atoms with Crippen LogP contribution in [0.15, 0.2) is 48.5 Å². The highest BCUT2D eigenvalue weighted by Gasteiger charge is 2.42. The maximum atomic E-state index is 13.7. The standard InChI is InChI=1S/C25H32N2O4S/c1-4-5-6-10-15-26-23(28)20-17-32-25(18-11-8-7-9-12-18)27(20)24(29)19-13-14-21(30-2)22(16-19)31-3/h7-9,11-14,16,20,25H,4-6,10,15,17H2,1-3H3,(H,26,28). The van der Waals surface area contributed by atoms with Crippen molar-refractivity contribution in [3.8, 4) is 11.5 Å². The molecule has 0 saturated carbocycles. The first kappa shape index (κ1) is 24.0. The number of thioether (sulfide) groups is 1. The molecule has 1 aliphatic rings. The lowest BCUT2D eigenvalue weighted by molar-refractivity contribution is -0.124. The van der Waals surface area contributed by atoms with Crippen molar-refractivity contribution < 1.29 is 19.1 Å². The summed E-state index contributed by atoms with van der Waals surface area (Å²) < 4.78 is 10.7. The molecule has 2 unspecified atom stereocenters. The first-order valence-electron chi connectivity index (χ1n) is 11.1. The van der Waals surface area contributed by atoms with Crippen molar-refractivity contribution in [1.82, 2.24) is 10.2 Å². The quantitative estimate of drug-likeness (QED) is 0.527. The predicted molar refractivity (Wildman–Crippen MR) is 128 cm³/mol. The van der Waals surface area contributed by atoms with Gasteiger partial charge < -0.3 is 19.7 Å². The topological polar surface area (TPSA) is 67.9 Å². The highest BCUT2D eigenvalue weighted by molar-refractivity contribution is 7.99. The highest BCUT2D eigenvalue weighted by atomic mass is 32.2. The lowest BCUT2D eigenvalue weighted by Crippen LogP contribution is -2.48. The number of carbonyl (C=O) groups is 2. The van der Waals surface area contributed by atoms with Crippen molar-refractivity contribution >= 4 is 23.6 Å². The molecule has 1 saturated heterocycles. The minimum absolute atomic E-state index is 0.0961. The normalized spacial score (nSPS) is 17.8. The van der Waals surface area contributed by atoms with E-state index in [1.807, 2.05) is 30.3 Å². The number of unbranched alkanes of at least 4 members (excludes halogenated alkanes) is 3. The molecule has 2 atom stereocenters. The van der Waals surface area contributed by atoms with Crippen molar-refractivity contribution in [2.24, 2.45) is 0 Å². The SMILES string of the molecule is CCCCCCNC(=O)C1CSC(c2ccccc2)N1C(=O)c1ccc(OC)c(OC)c1. The van der Waals surface area contributed by atoms with Gasteiger partial charge >= 0.3 is 0 Å². The Bertz CT molecular complexity index is 906. The van der Waals surface area contributed by atoms with E-state index < -0.39 is 6.04 Å². The molecular formula is C25H32N2O4S. The molecule has 0 bridgehead atoms. The molecule has 6 nitrogen and oxygen atoms in total. The van der Waals surface area contributed by atoms with E-state index in [0.717, 1.165) is 31.2 Å². The molecule has 1 N–H and O–H groups in total. The monoisotopic (exact) mass is 456 g/mol. The summed E-state index contributed by atoms with van der Waals surface area (Å²) in [6, 6.07) is 14.4. The number of hydrogen-bond acceptors (Lipinski definition) is 5. The van der Waals surface area contributed by atoms with Crippen LogP contribution >= 0.6 is 11.8 Å². The lowest BCUT2D eigenvalue weighted by Gasteiger charge is -2.29. The van der Waals surface area contributed by atoms with Gasteiger partial charge in [0.25, 0.3) is 5.91 Å². The Labute approximate surface area is 194 Å². The molecule has 0 aromatic heterocycles. The molecule has 172 valence electrons. The molecule has 1 fully saturated rings. The zero-order valence-corrected chi connectivity index (χ0v) is 19.8. The zero-order valence-electron chi connectivity index (χ0n) is 19.0. The number of rotatable bonds is 10. The first-order valence-corrected chi connectivity index (χ1v) is 12.1. The lowest BCUT2D eigenvalue weighted by atomic mass is 10.1. The number of benzene rings is 2. The summed E-state index contributed by atoms with van der Waals surface area (Å²) in [6.45, 7) is 2.80. The summed E-state index contributed by atoms with van der Waals surface area (Å²) in [5.74, 6) is 1.30. The largest absolute Gasteiger partial charge is 0.493 e. The van der Waals surface area contributed by atoms with Gasteiger partial charge in [-0.2, -0.15) is 0 Å². The molecule has 0 radical (unpaired) electrons. The van der Waals surface area contributed by atoms with Gasteiger partial charge in [0.15, 0.2) is 11.5 Å². The van der Waals surface area contributed by atoms with Gasteiger partial charge in [-0.25, -0.2) is 0 Å². The maximum Gasteiger partial charge on any atom is 0.255 e. The third-order valence-electron chi connectivity index (χ3n) is 5.58. The van der Waals surface area contributed by atoms with Gasteiger partial charge in [0, 0.05) is 17.9 Å². The number of amides is 2. The fraction of sp³-hybridized carbons (Fsp3) is 0.440. The van der Waals surface area contributed by atoms with Gasteiger partial charge in [0.05, 0.1) is 14.2 Å². The summed E-state index contributed by atoms with van der Waals surface area (Å²) in [5, 5.41) is 2.81. The van der Waals surface area contributed by atoms with Crippen LogP contribution in [0.2, 0.25) is 0 Å². The summed E-state index contributed by atoms with van der Waals surface area (Å²) in [7, 11) is 3.10. The number of nitrogens with zero attached hydrogens (tertiary/aromatic N) is 1. The van der Waals surface area contributed by atoms with Gasteiger partial charge in [-0.1, -0.05) is 56.5 Å². The van der Waals surface area contributed by atoms with Crippen LogP contribution in [0, 0.1) is 0 Å². The fourth-order valence-electron chi connectivity index (χ4n) is 3.83. The highest BCUT2D eigenvalue weighted by Crippen LogP contribution is 2.42. The van der Waals surface area contributed by atoms with E-state index in [4.69, 9.17) is 9.47 Å². The zero-order chi connectivity index (χ0) is 22.9. The molecule has 0 spiro atoms. The number of hydrogen-bond donors (Lipinski definition) is 1. The molecule has 1 aliphatic heterocycles. The van der Waals surface area contributed by atoms with Crippen LogP contribution in [0.4, 0.5) is 0 Å². The van der Waals surface area contributed by atoms with Crippen LogP contribution in [0.3, 0.4) is 0 Å². The van der Waals surface area contributed by atoms with Crippen LogP contribution in [-0.4, -0.2) is 49.3 Å². The molecule has 2 aromatic carbocycles. The molecule has 2 amide bonds. The van der Waals surface area contributed by atoms with Crippen LogP contribution in [-0.2, 0) is 4.79 Å². The van der Waals surface area contributed by atoms with Gasteiger partial charge in [-0.3, -0.25) is 9.59 Å². The van der Waals surface area contributed by atoms with E-state index in [2.05, 4.69) is 12.2 Å². The van der Waals surface area contributed by atoms with Gasteiger partial charge in [0.2, 0.25) is 5.91 Å². The molecule has 2 aromatic rings. The fourth-order valence-corrected chi connectivity index (χ4v) is 5.26. The number of ether oxygens (including phenoxy) is 2. The second kappa shape index (κ2) is 11.8. The summed E-state index contributed by atoms with van der Waals surface area (Å²) in [4.78, 5) is 28.4. The van der Waals surface area contributed by atoms with E-state index in [0.29, 0.717) is 29.4 Å². The van der Waals surface area contributed by atoms with Crippen LogP contribution < -0.4 is 14.8 Å². The van der Waals surface area contributed by atoms with E-state index in [-0.39, 0.29) is 17.2 Å². The number of nitrogens with one attached hydrogen (secondary N) is 1. The van der Waals surface area contributed by atoms with Crippen molar-refractivity contribution in [3.63, 3.8) is 0 Å². The maximum absolute atomic E-state index is 13.7. The van der Waals surface area contributed by atoms with Crippen LogP contribution in [0.5, 0.6) is 11.5 Å². The number of carbonyl (C=O) groups excluding carboxylic acids is 2. The average Bonchev–Trinajstić information content (AvgIpc) is 3.28. The van der Waals surface area contributed by atoms with Crippen molar-refractivity contribution in [1.29, 1.82) is 0 Å². The third-order valence-corrected chi connectivity index (χ3v) is 6.91. The average molecular weight is 457 g/mol. The van der Waals surface area contributed by atoms with Crippen molar-refractivity contribution in [2.45, 2.75) is 44.0 Å². The van der Waals surface area contributed by atoms with Crippen molar-refractivity contribution in [3.05, 3.63) is 59.7 Å². The Morgan fingerprint density at radius 1 is 1.03 bits per heavy atom. The summed E-state index contributed by atoms with van der Waals surface area (Å²) in [5.41, 5.74) is 1.47. The summed E-state index contributed by atoms with van der Waals surface area (Å²) >= 11 is 1.62. The molecule has 3 rings (SSSR count). The second-order valence-corrected chi connectivity index (χ2v) is 8.86. The Morgan fingerprint density at radius 3 is 2.47 bits per heavy atom. The smallest absolute Gasteiger partial charge is 0.255 e. The summed E-state index contributed by atoms with van der Waals surface area (Å²) in [6.07, 6.45) is 4.36. The molecular weight excluding hydrogens is 424 g/mol. The Morgan fingerprint density at radius 2 is 1.78 bits per heavy atom. The van der Waals surface area contributed by atoms with Gasteiger partial charge in [0.1, 0.15) is 11.4 Å². The Balaban J connectivity index is 1.84. The van der Waals surface area contributed by atoms with Crippen molar-refractivity contribution in [2.75, 3.05) is 26.5 Å². The Hall–Kier alpha value is -2.67. The van der Waals surface area contributed by atoms with E-state index in [9.17, 15) is 9.59 Å². The molecule has 1 heterocycles. The molecule has 0 aliphatic carbocycles. The molecule has 7 heteroatoms. The second-order valence-electron chi connectivity index (χ2n) is 7.75. The van der Waals surface area contributed by atoms with Crippen LogP contribution in [0.25, 0.3) is 0 Å². The predicted octanol–water partition coefficient (Wildman–Crippen LogP) is 4.66. The van der Waals surface area contributed by atoms with E-state index >= 15 is 0 Å². The third kappa shape index (κ3) is 5.57. The first-order chi connectivity index (χ1) is 15.6. The van der Waals surface area contributed by atoms with Gasteiger partial charge in [-0.05, 0) is 30.2 Å². The van der Waals surface area contributed by atoms with Crippen LogP contribution in [0.1, 0.15) is 53.9 Å². The number of methoxy groups -OCH3 is 2. The van der Waals surface area contributed by atoms with E-state index in [1.54, 1.807) is 49.1 Å². The molecule has 32 heavy (non-hydrogen) atoms. The Kier molecular flexibility index (Phi) is 8.85. The minimum atomic E-state index is -0.531. The minimum Gasteiger partial charge on any atom is -0.493 e. The van der Waals surface area contributed by atoms with Gasteiger partial charge in [-0.15, -0.1) is 11.8 Å².